The second-order valence-electron chi connectivity index (χ2n) is 3.10. The minimum absolute atomic E-state index is 0.0568. The van der Waals surface area contributed by atoms with Gasteiger partial charge in [-0.2, -0.15) is 0 Å². The molecule has 1 aliphatic heterocycles. The molecular formula is C6H11NO. The maximum absolute atomic E-state index is 8.96. The molecule has 0 radical (unpaired) electrons. The fraction of sp³-hybridized carbons (Fsp3) is 1.00. The first-order valence-electron chi connectivity index (χ1n) is 3.57. The third kappa shape index (κ3) is 0.446. The van der Waals surface area contributed by atoms with Crippen molar-refractivity contribution in [3.8, 4) is 0 Å². The first kappa shape index (κ1) is 3.85. The summed E-state index contributed by atoms with van der Waals surface area (Å²) in [4.78, 5) is 0. The first-order chi connectivity index (χ1) is 4.20. The highest BCUT2D eigenvalue weighted by molar-refractivity contribution is 5.02. The van der Waals surface area contributed by atoms with Crippen LogP contribution >= 0.6 is 0 Å². The van der Waals surface area contributed by atoms with Gasteiger partial charge < -0.3 is 10.4 Å². The molecule has 1 aliphatic carbocycles. The molecule has 2 rings (SSSR count). The Balaban J connectivity index is 1.87. The quantitative estimate of drug-likeness (QED) is 0.454. The van der Waals surface area contributed by atoms with Crippen LogP contribution in [0.25, 0.3) is 0 Å². The highest BCUT2D eigenvalue weighted by atomic mass is 16.3. The lowest BCUT2D eigenvalue weighted by Crippen LogP contribution is -2.61. The molecule has 0 aromatic rings. The Kier molecular flexibility index (Phi) is 0.603. The van der Waals surface area contributed by atoms with E-state index in [-0.39, 0.29) is 6.10 Å². The molecule has 1 saturated carbocycles. The molecule has 0 amide bonds. The molecule has 1 saturated heterocycles. The Hall–Kier alpha value is -0.0800. The van der Waals surface area contributed by atoms with Crippen LogP contribution in [0.1, 0.15) is 12.8 Å². The van der Waals surface area contributed by atoms with Crippen molar-refractivity contribution < 1.29 is 6.52 Å². The SMILES string of the molecule is [2H]N1CC2(CC(O)C2)C1. The molecule has 2 N–H and O–H groups in total. The monoisotopic (exact) mass is 114 g/mol. The zero-order valence-electron chi connectivity index (χ0n) is 5.80. The summed E-state index contributed by atoms with van der Waals surface area (Å²) in [5.41, 5.74) is 0.376. The van der Waals surface area contributed by atoms with Gasteiger partial charge >= 0.3 is 0 Å². The van der Waals surface area contributed by atoms with Gasteiger partial charge in [-0.15, -0.1) is 0 Å². The number of hydrogen-bond acceptors (Lipinski definition) is 2. The van der Waals surface area contributed by atoms with E-state index in [1.807, 2.05) is 0 Å². The summed E-state index contributed by atoms with van der Waals surface area (Å²) < 4.78 is 7.12. The Morgan fingerprint density at radius 2 is 2.25 bits per heavy atom. The maximum Gasteiger partial charge on any atom is 0.122 e. The summed E-state index contributed by atoms with van der Waals surface area (Å²) in [6.45, 7) is 1.76. The summed E-state index contributed by atoms with van der Waals surface area (Å²) in [6.07, 6.45) is 1.81. The summed E-state index contributed by atoms with van der Waals surface area (Å²) >= 11 is 0. The summed E-state index contributed by atoms with van der Waals surface area (Å²) in [5.74, 6) is 0. The Labute approximate surface area is 50.4 Å². The molecule has 0 bridgehead atoms. The minimum atomic E-state index is -0.0568. The van der Waals surface area contributed by atoms with Crippen molar-refractivity contribution in [2.45, 2.75) is 18.9 Å². The largest absolute Gasteiger partial charge is 0.393 e. The zero-order chi connectivity index (χ0) is 6.48. The van der Waals surface area contributed by atoms with Crippen molar-refractivity contribution in [3.05, 3.63) is 0 Å². The van der Waals surface area contributed by atoms with Gasteiger partial charge in [0.2, 0.25) is 0 Å². The molecular weight excluding hydrogens is 102 g/mol. The van der Waals surface area contributed by atoms with Crippen molar-refractivity contribution in [2.24, 2.45) is 5.41 Å². The van der Waals surface area contributed by atoms with Gasteiger partial charge in [0.1, 0.15) is 1.41 Å². The Morgan fingerprint density at radius 1 is 1.62 bits per heavy atom. The standard InChI is InChI=1S/C6H11NO/c8-5-1-6(2-5)3-7-4-6/h5,7-8H,1-4H2/i/hD. The molecule has 0 atom stereocenters. The highest BCUT2D eigenvalue weighted by Gasteiger charge is 2.47. The molecule has 2 fully saturated rings. The lowest BCUT2D eigenvalue weighted by Gasteiger charge is -2.52. The van der Waals surface area contributed by atoms with Crippen molar-refractivity contribution in [1.82, 2.24) is 5.31 Å². The summed E-state index contributed by atoms with van der Waals surface area (Å²) in [6, 6.07) is 0. The van der Waals surface area contributed by atoms with E-state index in [9.17, 15) is 0 Å². The van der Waals surface area contributed by atoms with Crippen LogP contribution in [0.15, 0.2) is 0 Å². The van der Waals surface area contributed by atoms with E-state index in [2.05, 4.69) is 0 Å². The van der Waals surface area contributed by atoms with Crippen molar-refractivity contribution in [3.63, 3.8) is 0 Å². The zero-order valence-corrected chi connectivity index (χ0v) is 4.80. The molecule has 0 unspecified atom stereocenters. The number of aliphatic hydroxyl groups excluding tert-OH is 1. The fourth-order valence-electron chi connectivity index (χ4n) is 1.63. The van der Waals surface area contributed by atoms with E-state index >= 15 is 0 Å². The van der Waals surface area contributed by atoms with Gasteiger partial charge in [-0.25, -0.2) is 0 Å². The van der Waals surface area contributed by atoms with E-state index in [0.29, 0.717) is 5.41 Å². The van der Waals surface area contributed by atoms with Gasteiger partial charge in [0.15, 0.2) is 0 Å². The van der Waals surface area contributed by atoms with Gasteiger partial charge in [-0.3, -0.25) is 0 Å². The predicted molar refractivity (Wildman–Crippen MR) is 30.5 cm³/mol. The third-order valence-corrected chi connectivity index (χ3v) is 2.23. The second-order valence-corrected chi connectivity index (χ2v) is 3.10. The van der Waals surface area contributed by atoms with E-state index in [0.717, 1.165) is 25.9 Å². The van der Waals surface area contributed by atoms with Gasteiger partial charge in [-0.05, 0) is 12.8 Å². The summed E-state index contributed by atoms with van der Waals surface area (Å²) in [7, 11) is 0. The predicted octanol–water partition coefficient (Wildman–Crippen LogP) is -0.269. The van der Waals surface area contributed by atoms with Crippen LogP contribution in [-0.2, 0) is 0 Å². The summed E-state index contributed by atoms with van der Waals surface area (Å²) in [5, 5.41) is 10.5. The normalized spacial score (nSPS) is 38.4. The van der Waals surface area contributed by atoms with Crippen LogP contribution in [0.5, 0.6) is 0 Å². The number of nitrogens with one attached hydrogen (secondary N) is 1. The molecule has 2 heteroatoms. The molecule has 46 valence electrons. The van der Waals surface area contributed by atoms with Crippen molar-refractivity contribution in [1.29, 1.82) is 0 Å². The van der Waals surface area contributed by atoms with Gasteiger partial charge in [0.05, 0.1) is 6.10 Å². The average Bonchev–Trinajstić information content (AvgIpc) is 1.58. The van der Waals surface area contributed by atoms with Crippen molar-refractivity contribution in [2.75, 3.05) is 13.1 Å². The number of hydrogen-bond donors (Lipinski definition) is 2. The van der Waals surface area contributed by atoms with Crippen molar-refractivity contribution >= 4 is 0 Å². The Morgan fingerprint density at radius 3 is 2.62 bits per heavy atom. The van der Waals surface area contributed by atoms with E-state index in [1.165, 1.54) is 0 Å². The molecule has 2 nitrogen and oxygen atoms in total. The lowest BCUT2D eigenvalue weighted by atomic mass is 9.63. The van der Waals surface area contributed by atoms with Crippen LogP contribution in [0.3, 0.4) is 0 Å². The van der Waals surface area contributed by atoms with Crippen LogP contribution in [0.2, 0.25) is 1.41 Å². The molecule has 1 spiro atoms. The lowest BCUT2D eigenvalue weighted by molar-refractivity contribution is -0.0635. The van der Waals surface area contributed by atoms with E-state index in [1.54, 1.807) is 5.31 Å². The second kappa shape index (κ2) is 1.25. The van der Waals surface area contributed by atoms with E-state index in [4.69, 9.17) is 6.52 Å². The van der Waals surface area contributed by atoms with Crippen LogP contribution in [0.4, 0.5) is 0 Å². The smallest absolute Gasteiger partial charge is 0.122 e. The number of aliphatic hydroxyl groups is 1. The molecule has 0 aromatic carbocycles. The van der Waals surface area contributed by atoms with Gasteiger partial charge in [-0.1, -0.05) is 0 Å². The van der Waals surface area contributed by atoms with Crippen LogP contribution in [-0.4, -0.2) is 24.3 Å². The molecule has 2 aliphatic rings. The van der Waals surface area contributed by atoms with Gasteiger partial charge in [0, 0.05) is 18.5 Å². The third-order valence-electron chi connectivity index (χ3n) is 2.23. The number of rotatable bonds is 0. The minimum Gasteiger partial charge on any atom is -0.393 e. The maximum atomic E-state index is 8.96. The topological polar surface area (TPSA) is 32.3 Å². The van der Waals surface area contributed by atoms with Crippen LogP contribution < -0.4 is 5.31 Å². The van der Waals surface area contributed by atoms with Gasteiger partial charge in [0.25, 0.3) is 0 Å². The fourth-order valence-corrected chi connectivity index (χ4v) is 1.63. The molecule has 0 aromatic heterocycles. The Bertz CT molecular complexity index is 108. The molecule has 1 heterocycles. The van der Waals surface area contributed by atoms with E-state index < -0.39 is 0 Å². The molecule has 8 heavy (non-hydrogen) atoms. The van der Waals surface area contributed by atoms with Crippen LogP contribution in [0, 0.1) is 5.41 Å². The average molecular weight is 114 g/mol. The first-order valence-corrected chi connectivity index (χ1v) is 3.12. The highest BCUT2D eigenvalue weighted by Crippen LogP contribution is 2.43.